The van der Waals surface area contributed by atoms with Gasteiger partial charge in [-0.15, -0.1) is 0 Å². The van der Waals surface area contributed by atoms with Crippen molar-refractivity contribution in [2.75, 3.05) is 0 Å². The molecule has 0 spiro atoms. The molecular formula is C18H24O. The second-order valence-corrected chi connectivity index (χ2v) is 7.43. The zero-order chi connectivity index (χ0) is 13.0. The normalized spacial score (nSPS) is 51.3. The number of fused-ring (bicyclic) bond motifs is 5. The van der Waals surface area contributed by atoms with E-state index in [-0.39, 0.29) is 6.10 Å². The fourth-order valence-electron chi connectivity index (χ4n) is 5.56. The first kappa shape index (κ1) is 12.0. The SMILES string of the molecule is C[C@]12CC[C@H]3[C@@H](CC=C4C=CC=C[C@@H]43)[C@@H]1C[C@H](O)C2. The zero-order valence-electron chi connectivity index (χ0n) is 11.8. The smallest absolute Gasteiger partial charge is 0.0548 e. The van der Waals surface area contributed by atoms with Gasteiger partial charge in [0.05, 0.1) is 6.10 Å². The number of allylic oxidation sites excluding steroid dienone is 6. The lowest BCUT2D eigenvalue weighted by Gasteiger charge is -2.50. The third kappa shape index (κ3) is 1.71. The van der Waals surface area contributed by atoms with Gasteiger partial charge in [0.1, 0.15) is 0 Å². The molecule has 6 atom stereocenters. The van der Waals surface area contributed by atoms with Gasteiger partial charge in [-0.05, 0) is 60.8 Å². The highest BCUT2D eigenvalue weighted by Gasteiger charge is 2.53. The summed E-state index contributed by atoms with van der Waals surface area (Å²) in [6.45, 7) is 2.43. The molecule has 102 valence electrons. The molecule has 0 aromatic carbocycles. The summed E-state index contributed by atoms with van der Waals surface area (Å²) in [5.74, 6) is 3.04. The van der Waals surface area contributed by atoms with Gasteiger partial charge in [-0.3, -0.25) is 0 Å². The van der Waals surface area contributed by atoms with Crippen molar-refractivity contribution >= 4 is 0 Å². The monoisotopic (exact) mass is 256 g/mol. The second kappa shape index (κ2) is 4.09. The van der Waals surface area contributed by atoms with Crippen molar-refractivity contribution < 1.29 is 5.11 Å². The van der Waals surface area contributed by atoms with Crippen LogP contribution in [0.15, 0.2) is 36.0 Å². The van der Waals surface area contributed by atoms with E-state index < -0.39 is 0 Å². The van der Waals surface area contributed by atoms with Gasteiger partial charge in [0.2, 0.25) is 0 Å². The fourth-order valence-corrected chi connectivity index (χ4v) is 5.56. The Bertz CT molecular complexity index is 472. The Hall–Kier alpha value is -0.820. The van der Waals surface area contributed by atoms with E-state index in [1.54, 1.807) is 5.57 Å². The second-order valence-electron chi connectivity index (χ2n) is 7.43. The van der Waals surface area contributed by atoms with Crippen LogP contribution < -0.4 is 0 Å². The molecule has 0 radical (unpaired) electrons. The Morgan fingerprint density at radius 3 is 3.05 bits per heavy atom. The highest BCUT2D eigenvalue weighted by molar-refractivity contribution is 5.36. The van der Waals surface area contributed by atoms with Crippen LogP contribution >= 0.6 is 0 Å². The van der Waals surface area contributed by atoms with Crippen molar-refractivity contribution in [2.45, 2.75) is 45.1 Å². The van der Waals surface area contributed by atoms with Crippen molar-refractivity contribution in [1.29, 1.82) is 0 Å². The molecule has 1 N–H and O–H groups in total. The topological polar surface area (TPSA) is 20.2 Å². The highest BCUT2D eigenvalue weighted by Crippen LogP contribution is 2.60. The van der Waals surface area contributed by atoms with Gasteiger partial charge in [-0.2, -0.15) is 0 Å². The lowest BCUT2D eigenvalue weighted by Crippen LogP contribution is -2.42. The number of hydrogen-bond donors (Lipinski definition) is 1. The minimum atomic E-state index is -0.0408. The van der Waals surface area contributed by atoms with Crippen molar-refractivity contribution in [1.82, 2.24) is 0 Å². The van der Waals surface area contributed by atoms with Crippen molar-refractivity contribution in [3.63, 3.8) is 0 Å². The Morgan fingerprint density at radius 1 is 1.26 bits per heavy atom. The third-order valence-corrected chi connectivity index (χ3v) is 6.43. The van der Waals surface area contributed by atoms with E-state index in [0.717, 1.165) is 30.6 Å². The maximum atomic E-state index is 10.1. The predicted molar refractivity (Wildman–Crippen MR) is 77.5 cm³/mol. The van der Waals surface area contributed by atoms with Crippen LogP contribution in [0, 0.1) is 29.1 Å². The zero-order valence-corrected chi connectivity index (χ0v) is 11.8. The first-order valence-corrected chi connectivity index (χ1v) is 7.90. The van der Waals surface area contributed by atoms with Crippen LogP contribution in [0.3, 0.4) is 0 Å². The number of aliphatic hydroxyl groups is 1. The molecule has 2 saturated carbocycles. The molecule has 0 aromatic rings. The van der Waals surface area contributed by atoms with Crippen LogP contribution in [0.2, 0.25) is 0 Å². The van der Waals surface area contributed by atoms with E-state index in [4.69, 9.17) is 0 Å². The van der Waals surface area contributed by atoms with Gasteiger partial charge in [0.25, 0.3) is 0 Å². The quantitative estimate of drug-likeness (QED) is 0.697. The molecule has 1 heteroatoms. The average Bonchev–Trinajstić information content (AvgIpc) is 2.73. The highest BCUT2D eigenvalue weighted by atomic mass is 16.3. The van der Waals surface area contributed by atoms with Crippen LogP contribution in [0.4, 0.5) is 0 Å². The molecule has 0 saturated heterocycles. The molecule has 4 rings (SSSR count). The largest absolute Gasteiger partial charge is 0.393 e. The van der Waals surface area contributed by atoms with Crippen molar-refractivity contribution in [3.05, 3.63) is 36.0 Å². The Labute approximate surface area is 116 Å². The molecule has 2 fully saturated rings. The minimum absolute atomic E-state index is 0.0408. The van der Waals surface area contributed by atoms with E-state index in [1.165, 1.54) is 19.3 Å². The summed E-state index contributed by atoms with van der Waals surface area (Å²) >= 11 is 0. The molecule has 19 heavy (non-hydrogen) atoms. The molecular weight excluding hydrogens is 232 g/mol. The summed E-state index contributed by atoms with van der Waals surface area (Å²) < 4.78 is 0. The van der Waals surface area contributed by atoms with Gasteiger partial charge >= 0.3 is 0 Å². The van der Waals surface area contributed by atoms with E-state index in [2.05, 4.69) is 37.3 Å². The number of hydrogen-bond acceptors (Lipinski definition) is 1. The Morgan fingerprint density at radius 2 is 2.16 bits per heavy atom. The molecule has 4 aliphatic carbocycles. The molecule has 1 nitrogen and oxygen atoms in total. The standard InChI is InChI=1S/C18H24O/c1-18-9-8-15-14-5-3-2-4-12(14)6-7-16(15)17(18)10-13(19)11-18/h2-6,13-17,19H,7-11H2,1H3/t13-,14-,15+,16+,17-,18+/m0/s1. The Balaban J connectivity index is 1.68. The summed E-state index contributed by atoms with van der Waals surface area (Å²) in [5, 5.41) is 10.1. The van der Waals surface area contributed by atoms with Gasteiger partial charge in [0, 0.05) is 5.92 Å². The summed E-state index contributed by atoms with van der Waals surface area (Å²) in [4.78, 5) is 0. The Kier molecular flexibility index (Phi) is 2.57. The molecule has 0 amide bonds. The van der Waals surface area contributed by atoms with Crippen molar-refractivity contribution in [3.8, 4) is 0 Å². The lowest BCUT2D eigenvalue weighted by atomic mass is 9.54. The van der Waals surface area contributed by atoms with Crippen molar-refractivity contribution in [2.24, 2.45) is 29.1 Å². The number of aliphatic hydroxyl groups excluding tert-OH is 1. The molecule has 0 unspecified atom stereocenters. The van der Waals surface area contributed by atoms with E-state index in [1.807, 2.05) is 0 Å². The van der Waals surface area contributed by atoms with E-state index >= 15 is 0 Å². The average molecular weight is 256 g/mol. The molecule has 4 aliphatic rings. The van der Waals surface area contributed by atoms with Gasteiger partial charge in [-0.1, -0.05) is 37.3 Å². The van der Waals surface area contributed by atoms with Crippen LogP contribution in [0.5, 0.6) is 0 Å². The first-order valence-electron chi connectivity index (χ1n) is 7.90. The van der Waals surface area contributed by atoms with E-state index in [0.29, 0.717) is 11.3 Å². The van der Waals surface area contributed by atoms with Gasteiger partial charge in [-0.25, -0.2) is 0 Å². The molecule has 0 heterocycles. The van der Waals surface area contributed by atoms with Crippen LogP contribution in [-0.4, -0.2) is 11.2 Å². The summed E-state index contributed by atoms with van der Waals surface area (Å²) in [7, 11) is 0. The van der Waals surface area contributed by atoms with Crippen LogP contribution in [0.1, 0.15) is 39.0 Å². The predicted octanol–water partition coefficient (Wildman–Crippen LogP) is 3.86. The fraction of sp³-hybridized carbons (Fsp3) is 0.667. The van der Waals surface area contributed by atoms with Gasteiger partial charge in [0.15, 0.2) is 0 Å². The summed E-state index contributed by atoms with van der Waals surface area (Å²) in [6.07, 6.45) is 17.5. The van der Waals surface area contributed by atoms with E-state index in [9.17, 15) is 5.11 Å². The maximum Gasteiger partial charge on any atom is 0.0548 e. The first-order chi connectivity index (χ1) is 9.17. The summed E-state index contributed by atoms with van der Waals surface area (Å²) in [5.41, 5.74) is 1.96. The van der Waals surface area contributed by atoms with Gasteiger partial charge < -0.3 is 5.11 Å². The molecule has 0 bridgehead atoms. The van der Waals surface area contributed by atoms with Crippen LogP contribution in [0.25, 0.3) is 0 Å². The number of rotatable bonds is 0. The van der Waals surface area contributed by atoms with Crippen LogP contribution in [-0.2, 0) is 0 Å². The molecule has 0 aromatic heterocycles. The third-order valence-electron chi connectivity index (χ3n) is 6.43. The molecule has 0 aliphatic heterocycles. The lowest BCUT2D eigenvalue weighted by molar-refractivity contribution is 0.0246. The summed E-state index contributed by atoms with van der Waals surface area (Å²) in [6, 6.07) is 0. The minimum Gasteiger partial charge on any atom is -0.393 e. The maximum absolute atomic E-state index is 10.1.